The number of rotatable bonds is 5. The van der Waals surface area contributed by atoms with Gasteiger partial charge in [-0.05, 0) is 31.9 Å². The summed E-state index contributed by atoms with van der Waals surface area (Å²) < 4.78 is 44.6. The van der Waals surface area contributed by atoms with E-state index < -0.39 is 24.2 Å². The van der Waals surface area contributed by atoms with Crippen molar-refractivity contribution in [3.8, 4) is 0 Å². The molecule has 2 atom stereocenters. The molecule has 37 heavy (non-hydrogen) atoms. The summed E-state index contributed by atoms with van der Waals surface area (Å²) in [6, 6.07) is 16.0. The highest BCUT2D eigenvalue weighted by Gasteiger charge is 2.46. The first kappa shape index (κ1) is 24.6. The van der Waals surface area contributed by atoms with Gasteiger partial charge in [-0.3, -0.25) is 9.48 Å². The molecule has 192 valence electrons. The Bertz CT molecular complexity index is 1420. The molecule has 3 heterocycles. The molecule has 1 aliphatic rings. The fourth-order valence-electron chi connectivity index (χ4n) is 4.66. The van der Waals surface area contributed by atoms with Crippen molar-refractivity contribution in [1.82, 2.24) is 19.6 Å². The number of aromatic nitrogens is 4. The van der Waals surface area contributed by atoms with Crippen molar-refractivity contribution in [3.63, 3.8) is 0 Å². The molecule has 2 N–H and O–H groups in total. The van der Waals surface area contributed by atoms with Crippen LogP contribution in [-0.2, 0) is 6.54 Å². The van der Waals surface area contributed by atoms with E-state index in [2.05, 4.69) is 20.8 Å². The number of carbonyl (C=O) groups is 1. The number of hydrogen-bond donors (Lipinski definition) is 2. The Morgan fingerprint density at radius 2 is 1.76 bits per heavy atom. The molecule has 1 aliphatic heterocycles. The molecule has 4 aromatic rings. The number of alkyl halides is 3. The zero-order valence-electron chi connectivity index (χ0n) is 20.7. The molecular formula is C27H27F3N6O. The predicted molar refractivity (Wildman–Crippen MR) is 135 cm³/mol. The van der Waals surface area contributed by atoms with Gasteiger partial charge in [0.2, 0.25) is 0 Å². The topological polar surface area (TPSA) is 76.8 Å². The Labute approximate surface area is 212 Å². The highest BCUT2D eigenvalue weighted by Crippen LogP contribution is 2.43. The molecule has 10 heteroatoms. The number of halogens is 3. The van der Waals surface area contributed by atoms with Crippen LogP contribution in [0.1, 0.15) is 57.1 Å². The fraction of sp³-hybridized carbons (Fsp3) is 0.296. The van der Waals surface area contributed by atoms with Crippen LogP contribution in [0.2, 0.25) is 0 Å². The molecule has 0 spiro atoms. The summed E-state index contributed by atoms with van der Waals surface area (Å²) in [4.78, 5) is 13.1. The van der Waals surface area contributed by atoms with Crippen LogP contribution in [0.5, 0.6) is 0 Å². The molecule has 0 radical (unpaired) electrons. The summed E-state index contributed by atoms with van der Waals surface area (Å²) in [6.07, 6.45) is -4.75. The second kappa shape index (κ2) is 9.42. The van der Waals surface area contributed by atoms with Crippen LogP contribution in [0.15, 0.2) is 60.7 Å². The lowest BCUT2D eigenvalue weighted by Gasteiger charge is -2.33. The lowest BCUT2D eigenvalue weighted by molar-refractivity contribution is -0.173. The number of amides is 1. The predicted octanol–water partition coefficient (Wildman–Crippen LogP) is 5.97. The van der Waals surface area contributed by atoms with Crippen molar-refractivity contribution in [1.29, 1.82) is 0 Å². The van der Waals surface area contributed by atoms with Crippen molar-refractivity contribution in [2.24, 2.45) is 0 Å². The Balaban J connectivity index is 1.39. The Kier molecular flexibility index (Phi) is 6.26. The van der Waals surface area contributed by atoms with Crippen LogP contribution in [0.25, 0.3) is 0 Å². The first-order chi connectivity index (χ1) is 17.6. The summed E-state index contributed by atoms with van der Waals surface area (Å²) in [5.74, 6) is -0.446. The van der Waals surface area contributed by atoms with Gasteiger partial charge in [0.25, 0.3) is 5.91 Å². The molecule has 0 fully saturated rings. The number of carbonyl (C=O) groups excluding carboxylic acids is 1. The maximum Gasteiger partial charge on any atom is 0.410 e. The Morgan fingerprint density at radius 1 is 1.05 bits per heavy atom. The molecular weight excluding hydrogens is 481 g/mol. The molecule has 0 aliphatic carbocycles. The monoisotopic (exact) mass is 508 g/mol. The molecule has 2 aromatic carbocycles. The number of nitrogens with zero attached hydrogens (tertiary/aromatic N) is 4. The van der Waals surface area contributed by atoms with Gasteiger partial charge in [-0.25, -0.2) is 4.68 Å². The van der Waals surface area contributed by atoms with Gasteiger partial charge in [-0.2, -0.15) is 23.4 Å². The number of benzene rings is 2. The number of nitrogens with one attached hydrogen (secondary N) is 2. The van der Waals surface area contributed by atoms with Gasteiger partial charge in [0.1, 0.15) is 5.82 Å². The summed E-state index contributed by atoms with van der Waals surface area (Å²) >= 11 is 0. The largest absolute Gasteiger partial charge is 0.410 e. The minimum absolute atomic E-state index is 0.101. The zero-order valence-corrected chi connectivity index (χ0v) is 20.7. The van der Waals surface area contributed by atoms with Crippen LogP contribution in [-0.4, -0.2) is 31.6 Å². The van der Waals surface area contributed by atoms with Crippen LogP contribution in [0.4, 0.5) is 24.7 Å². The highest BCUT2D eigenvalue weighted by atomic mass is 19.4. The van der Waals surface area contributed by atoms with E-state index in [1.807, 2.05) is 44.2 Å². The van der Waals surface area contributed by atoms with E-state index in [0.29, 0.717) is 17.9 Å². The molecule has 5 rings (SSSR count). The second-order valence-electron chi connectivity index (χ2n) is 9.40. The van der Waals surface area contributed by atoms with E-state index in [1.54, 1.807) is 35.9 Å². The summed E-state index contributed by atoms with van der Waals surface area (Å²) in [7, 11) is 0. The number of anilines is 2. The third-order valence-corrected chi connectivity index (χ3v) is 6.70. The quantitative estimate of drug-likeness (QED) is 0.349. The normalized spacial score (nSPS) is 17.2. The first-order valence-electron chi connectivity index (χ1n) is 12.0. The molecule has 0 saturated heterocycles. The third-order valence-electron chi connectivity index (χ3n) is 6.70. The number of aryl methyl sites for hydroxylation is 2. The van der Waals surface area contributed by atoms with Crippen LogP contribution >= 0.6 is 0 Å². The van der Waals surface area contributed by atoms with E-state index in [4.69, 9.17) is 0 Å². The second-order valence-corrected chi connectivity index (χ2v) is 9.40. The SMILES string of the molecule is Cc1ccc(Cn2nc(C)c(NC(=O)c3cc4n(n3)[C@@H](C(F)(F)F)C[C@H](c3ccccc3)N4)c2C)cc1. The van der Waals surface area contributed by atoms with Crippen molar-refractivity contribution in [3.05, 3.63) is 94.4 Å². The van der Waals surface area contributed by atoms with Gasteiger partial charge >= 0.3 is 6.18 Å². The van der Waals surface area contributed by atoms with Crippen LogP contribution < -0.4 is 10.6 Å². The number of hydrogen-bond acceptors (Lipinski definition) is 4. The smallest absolute Gasteiger partial charge is 0.363 e. The van der Waals surface area contributed by atoms with Crippen LogP contribution in [0.3, 0.4) is 0 Å². The van der Waals surface area contributed by atoms with Gasteiger partial charge in [0, 0.05) is 12.5 Å². The zero-order chi connectivity index (χ0) is 26.3. The van der Waals surface area contributed by atoms with Crippen molar-refractivity contribution >= 4 is 17.4 Å². The van der Waals surface area contributed by atoms with E-state index in [9.17, 15) is 18.0 Å². The van der Waals surface area contributed by atoms with E-state index >= 15 is 0 Å². The standard InChI is InChI=1S/C27H27F3N6O/c1-16-9-11-19(12-10-16)15-35-18(3)25(17(2)33-35)32-26(37)22-14-24-31-21(20-7-5-4-6-8-20)13-23(27(28,29)30)36(24)34-22/h4-12,14,21,23,31H,13,15H2,1-3H3,(H,32,37)/t21-,23-/m1/s1. The lowest BCUT2D eigenvalue weighted by Crippen LogP contribution is -2.35. The average Bonchev–Trinajstić information content (AvgIpc) is 3.41. The molecule has 0 saturated carbocycles. The summed E-state index contributed by atoms with van der Waals surface area (Å²) in [5.41, 5.74) is 4.73. The minimum atomic E-state index is -4.52. The Hall–Kier alpha value is -4.08. The summed E-state index contributed by atoms with van der Waals surface area (Å²) in [6.45, 7) is 6.16. The van der Waals surface area contributed by atoms with E-state index in [1.165, 1.54) is 6.07 Å². The molecule has 0 unspecified atom stereocenters. The molecule has 1 amide bonds. The van der Waals surface area contributed by atoms with Crippen LogP contribution in [0, 0.1) is 20.8 Å². The van der Waals surface area contributed by atoms with Crippen molar-refractivity contribution < 1.29 is 18.0 Å². The third kappa shape index (κ3) is 4.96. The lowest BCUT2D eigenvalue weighted by atomic mass is 9.97. The van der Waals surface area contributed by atoms with E-state index in [-0.39, 0.29) is 17.9 Å². The first-order valence-corrected chi connectivity index (χ1v) is 12.0. The molecule has 7 nitrogen and oxygen atoms in total. The van der Waals surface area contributed by atoms with Gasteiger partial charge < -0.3 is 10.6 Å². The van der Waals surface area contributed by atoms with Crippen molar-refractivity contribution in [2.75, 3.05) is 10.6 Å². The van der Waals surface area contributed by atoms with E-state index in [0.717, 1.165) is 27.1 Å². The molecule has 2 aromatic heterocycles. The maximum absolute atomic E-state index is 14.0. The average molecular weight is 509 g/mol. The minimum Gasteiger partial charge on any atom is -0.363 e. The molecule has 0 bridgehead atoms. The van der Waals surface area contributed by atoms with Gasteiger partial charge in [0.15, 0.2) is 11.7 Å². The Morgan fingerprint density at radius 3 is 2.43 bits per heavy atom. The number of fused-ring (bicyclic) bond motifs is 1. The van der Waals surface area contributed by atoms with Gasteiger partial charge in [0.05, 0.1) is 29.7 Å². The van der Waals surface area contributed by atoms with Gasteiger partial charge in [-0.1, -0.05) is 60.2 Å². The maximum atomic E-state index is 14.0. The summed E-state index contributed by atoms with van der Waals surface area (Å²) in [5, 5.41) is 14.5. The fourth-order valence-corrected chi connectivity index (χ4v) is 4.66. The van der Waals surface area contributed by atoms with Gasteiger partial charge in [-0.15, -0.1) is 0 Å². The van der Waals surface area contributed by atoms with Crippen molar-refractivity contribution in [2.45, 2.75) is 52.0 Å². The highest BCUT2D eigenvalue weighted by molar-refractivity contribution is 6.04.